The molecule has 0 heterocycles. The van der Waals surface area contributed by atoms with Crippen LogP contribution in [0.1, 0.15) is 5.56 Å². The van der Waals surface area contributed by atoms with Gasteiger partial charge in [-0.3, -0.25) is 0 Å². The maximum absolute atomic E-state index is 12.7. The fraction of sp³-hybridized carbons (Fsp3) is 0.300. The van der Waals surface area contributed by atoms with Gasteiger partial charge >= 0.3 is 0 Å². The molecular formula is C10H12FNO2. The summed E-state index contributed by atoms with van der Waals surface area (Å²) in [5.74, 6) is -2.13. The third-order valence-corrected chi connectivity index (χ3v) is 2.05. The summed E-state index contributed by atoms with van der Waals surface area (Å²) in [6.07, 6.45) is 0.267. The number of hydrogen-bond acceptors (Lipinski definition) is 2. The summed E-state index contributed by atoms with van der Waals surface area (Å²) in [6.45, 7) is 0.249. The Kier molecular flexibility index (Phi) is 3.59. The highest BCUT2D eigenvalue weighted by molar-refractivity contribution is 5.68. The smallest absolute Gasteiger partial charge is 0.123 e. The molecule has 3 N–H and O–H groups in total. The first-order chi connectivity index (χ1) is 6.63. The number of carbonyl (C=O) groups is 1. The Bertz CT molecular complexity index is 328. The molecule has 76 valence electrons. The summed E-state index contributed by atoms with van der Waals surface area (Å²) in [5, 5.41) is 10.6. The minimum atomic E-state index is -1.13. The second-order valence-corrected chi connectivity index (χ2v) is 3.14. The first kappa shape index (κ1) is 10.7. The van der Waals surface area contributed by atoms with E-state index >= 15 is 0 Å². The van der Waals surface area contributed by atoms with Crippen LogP contribution in [-0.2, 0) is 11.2 Å². The molecule has 0 radical (unpaired) electrons. The number of hydrogen-bond donors (Lipinski definition) is 1. The number of carboxylic acids is 1. The lowest BCUT2D eigenvalue weighted by molar-refractivity contribution is -0.387. The van der Waals surface area contributed by atoms with E-state index in [1.54, 1.807) is 12.1 Å². The van der Waals surface area contributed by atoms with Crippen molar-refractivity contribution in [1.29, 1.82) is 0 Å². The van der Waals surface area contributed by atoms with Gasteiger partial charge in [0.2, 0.25) is 0 Å². The van der Waals surface area contributed by atoms with Gasteiger partial charge < -0.3 is 15.6 Å². The van der Waals surface area contributed by atoms with Crippen LogP contribution in [-0.4, -0.2) is 12.5 Å². The van der Waals surface area contributed by atoms with E-state index in [4.69, 9.17) is 0 Å². The number of carbonyl (C=O) groups excluding carboxylic acids is 1. The van der Waals surface area contributed by atoms with Crippen molar-refractivity contribution in [3.8, 4) is 0 Å². The van der Waals surface area contributed by atoms with E-state index in [0.29, 0.717) is 5.56 Å². The lowest BCUT2D eigenvalue weighted by Gasteiger charge is -2.13. The second-order valence-electron chi connectivity index (χ2n) is 3.14. The van der Waals surface area contributed by atoms with E-state index in [1.165, 1.54) is 12.1 Å². The van der Waals surface area contributed by atoms with Crippen molar-refractivity contribution in [1.82, 2.24) is 0 Å². The van der Waals surface area contributed by atoms with Crippen LogP contribution in [0.3, 0.4) is 0 Å². The molecule has 0 aliphatic carbocycles. The van der Waals surface area contributed by atoms with Gasteiger partial charge in [-0.15, -0.1) is 0 Å². The van der Waals surface area contributed by atoms with Crippen LogP contribution in [0.2, 0.25) is 0 Å². The predicted molar refractivity (Wildman–Crippen MR) is 46.4 cm³/mol. The number of carboxylic acid groups (broad SMARTS) is 1. The third-order valence-electron chi connectivity index (χ3n) is 2.05. The van der Waals surface area contributed by atoms with Crippen molar-refractivity contribution in [3.63, 3.8) is 0 Å². The van der Waals surface area contributed by atoms with Crippen LogP contribution in [0, 0.1) is 11.7 Å². The number of rotatable bonds is 4. The first-order valence-electron chi connectivity index (χ1n) is 4.38. The molecule has 14 heavy (non-hydrogen) atoms. The molecule has 0 fully saturated rings. The average Bonchev–Trinajstić information content (AvgIpc) is 2.14. The Labute approximate surface area is 81.4 Å². The Morgan fingerprint density at radius 3 is 2.79 bits per heavy atom. The van der Waals surface area contributed by atoms with Gasteiger partial charge in [0.25, 0.3) is 0 Å². The Morgan fingerprint density at radius 2 is 2.29 bits per heavy atom. The van der Waals surface area contributed by atoms with Crippen LogP contribution < -0.4 is 10.8 Å². The summed E-state index contributed by atoms with van der Waals surface area (Å²) in [7, 11) is 0. The highest BCUT2D eigenvalue weighted by atomic mass is 19.1. The zero-order valence-corrected chi connectivity index (χ0v) is 7.70. The minimum Gasteiger partial charge on any atom is -0.550 e. The van der Waals surface area contributed by atoms with E-state index in [-0.39, 0.29) is 18.8 Å². The minimum absolute atomic E-state index is 0.249. The lowest BCUT2D eigenvalue weighted by atomic mass is 10.00. The van der Waals surface area contributed by atoms with Crippen LogP contribution in [0.15, 0.2) is 24.3 Å². The van der Waals surface area contributed by atoms with Crippen molar-refractivity contribution in [2.24, 2.45) is 5.92 Å². The standard InChI is InChI=1S/C10H12FNO2/c11-9-3-1-2-7(5-9)4-8(6-12)10(13)14/h1-3,5,8H,4,6,12H2,(H,13,14)/t8-/m1/s1. The van der Waals surface area contributed by atoms with Gasteiger partial charge in [-0.1, -0.05) is 12.1 Å². The first-order valence-corrected chi connectivity index (χ1v) is 4.38. The fourth-order valence-corrected chi connectivity index (χ4v) is 1.25. The second kappa shape index (κ2) is 4.72. The van der Waals surface area contributed by atoms with Crippen molar-refractivity contribution < 1.29 is 20.0 Å². The van der Waals surface area contributed by atoms with Gasteiger partial charge in [-0.05, 0) is 24.1 Å². The van der Waals surface area contributed by atoms with E-state index < -0.39 is 11.9 Å². The van der Waals surface area contributed by atoms with E-state index in [1.807, 2.05) is 0 Å². The molecule has 0 saturated heterocycles. The summed E-state index contributed by atoms with van der Waals surface area (Å²) in [4.78, 5) is 10.6. The van der Waals surface area contributed by atoms with Crippen molar-refractivity contribution in [2.45, 2.75) is 6.42 Å². The molecule has 0 spiro atoms. The average molecular weight is 197 g/mol. The number of benzene rings is 1. The molecule has 1 rings (SSSR count). The fourth-order valence-electron chi connectivity index (χ4n) is 1.25. The number of quaternary nitrogens is 1. The van der Waals surface area contributed by atoms with Crippen LogP contribution in [0.25, 0.3) is 0 Å². The van der Waals surface area contributed by atoms with Gasteiger partial charge in [0.1, 0.15) is 5.82 Å². The van der Waals surface area contributed by atoms with Crippen molar-refractivity contribution >= 4 is 5.97 Å². The highest BCUT2D eigenvalue weighted by Gasteiger charge is 2.10. The maximum Gasteiger partial charge on any atom is 0.123 e. The van der Waals surface area contributed by atoms with Crippen molar-refractivity contribution in [2.75, 3.05) is 6.54 Å². The third kappa shape index (κ3) is 2.81. The largest absolute Gasteiger partial charge is 0.550 e. The quantitative estimate of drug-likeness (QED) is 0.671. The molecule has 3 nitrogen and oxygen atoms in total. The molecular weight excluding hydrogens is 185 g/mol. The summed E-state index contributed by atoms with van der Waals surface area (Å²) in [6, 6.07) is 5.89. The topological polar surface area (TPSA) is 67.8 Å². The van der Waals surface area contributed by atoms with Gasteiger partial charge in [0.15, 0.2) is 0 Å². The lowest BCUT2D eigenvalue weighted by Crippen LogP contribution is -2.57. The molecule has 0 amide bonds. The van der Waals surface area contributed by atoms with Crippen molar-refractivity contribution in [3.05, 3.63) is 35.6 Å². The predicted octanol–water partition coefficient (Wildman–Crippen LogP) is -1.02. The number of aliphatic carboxylic acids is 1. The molecule has 1 aromatic rings. The molecule has 1 atom stereocenters. The SMILES string of the molecule is [NH3+]C[C@@H](Cc1cccc(F)c1)C(=O)[O-]. The molecule has 0 aromatic heterocycles. The normalized spacial score (nSPS) is 12.4. The van der Waals surface area contributed by atoms with Gasteiger partial charge in [0.05, 0.1) is 18.4 Å². The van der Waals surface area contributed by atoms with Crippen LogP contribution in [0.4, 0.5) is 4.39 Å². The van der Waals surface area contributed by atoms with Gasteiger partial charge in [0, 0.05) is 0 Å². The Hall–Kier alpha value is -1.42. The van der Waals surface area contributed by atoms with E-state index in [2.05, 4.69) is 5.73 Å². The molecule has 0 saturated carbocycles. The Morgan fingerprint density at radius 1 is 1.57 bits per heavy atom. The van der Waals surface area contributed by atoms with Gasteiger partial charge in [-0.2, -0.15) is 0 Å². The van der Waals surface area contributed by atoms with E-state index in [0.717, 1.165) is 0 Å². The molecule has 0 aliphatic heterocycles. The summed E-state index contributed by atoms with van der Waals surface area (Å²) >= 11 is 0. The zero-order chi connectivity index (χ0) is 10.6. The Balaban J connectivity index is 2.72. The molecule has 1 aromatic carbocycles. The van der Waals surface area contributed by atoms with Gasteiger partial charge in [-0.25, -0.2) is 4.39 Å². The highest BCUT2D eigenvalue weighted by Crippen LogP contribution is 2.09. The molecule has 4 heteroatoms. The summed E-state index contributed by atoms with van der Waals surface area (Å²) < 4.78 is 12.7. The molecule has 0 unspecified atom stereocenters. The monoisotopic (exact) mass is 197 g/mol. The molecule has 0 bridgehead atoms. The van der Waals surface area contributed by atoms with E-state index in [9.17, 15) is 14.3 Å². The zero-order valence-electron chi connectivity index (χ0n) is 7.70. The summed E-state index contributed by atoms with van der Waals surface area (Å²) in [5.41, 5.74) is 4.17. The maximum atomic E-state index is 12.7. The number of halogens is 1. The van der Waals surface area contributed by atoms with Crippen LogP contribution >= 0.6 is 0 Å². The van der Waals surface area contributed by atoms with Crippen LogP contribution in [0.5, 0.6) is 0 Å². The molecule has 0 aliphatic rings.